The number of aromatic nitrogens is 3. The topological polar surface area (TPSA) is 73.1 Å². The number of hydrogen-bond acceptors (Lipinski definition) is 6. The molecule has 0 spiro atoms. The fourth-order valence-electron chi connectivity index (χ4n) is 1.78. The number of rotatable bonds is 7. The summed E-state index contributed by atoms with van der Waals surface area (Å²) in [6.45, 7) is 3.08. The Balaban J connectivity index is 1.49. The lowest BCUT2D eigenvalue weighted by Crippen LogP contribution is -2.16. The van der Waals surface area contributed by atoms with Crippen LogP contribution in [0.2, 0.25) is 0 Å². The zero-order valence-corrected chi connectivity index (χ0v) is 11.5. The second-order valence-corrected chi connectivity index (χ2v) is 4.89. The zero-order chi connectivity index (χ0) is 13.8. The van der Waals surface area contributed by atoms with Gasteiger partial charge in [0, 0.05) is 19.0 Å². The van der Waals surface area contributed by atoms with Gasteiger partial charge >= 0.3 is 0 Å². The highest BCUT2D eigenvalue weighted by molar-refractivity contribution is 5.20. The van der Waals surface area contributed by atoms with Crippen molar-refractivity contribution < 1.29 is 9.26 Å². The van der Waals surface area contributed by atoms with Crippen molar-refractivity contribution in [1.29, 1.82) is 0 Å². The van der Waals surface area contributed by atoms with Crippen LogP contribution in [0.3, 0.4) is 0 Å². The standard InChI is InChI=1S/C14H18N4O2/c1-2-14-17-13(18-20-14)9-19-12-6-5-11(16-8-12)7-15-10-3-4-10/h5-6,8,10,15H,2-4,7,9H2,1H3. The molecule has 0 bridgehead atoms. The molecule has 0 aromatic carbocycles. The molecule has 2 aromatic heterocycles. The summed E-state index contributed by atoms with van der Waals surface area (Å²) in [6.07, 6.45) is 5.03. The van der Waals surface area contributed by atoms with Gasteiger partial charge in [-0.2, -0.15) is 4.98 Å². The highest BCUT2D eigenvalue weighted by Gasteiger charge is 2.20. The molecular weight excluding hydrogens is 256 g/mol. The highest BCUT2D eigenvalue weighted by Crippen LogP contribution is 2.19. The lowest BCUT2D eigenvalue weighted by Gasteiger charge is -2.05. The third-order valence-electron chi connectivity index (χ3n) is 3.13. The van der Waals surface area contributed by atoms with Crippen LogP contribution < -0.4 is 10.1 Å². The molecule has 1 fully saturated rings. The van der Waals surface area contributed by atoms with Gasteiger partial charge in [-0.1, -0.05) is 12.1 Å². The van der Waals surface area contributed by atoms with Gasteiger partial charge in [-0.15, -0.1) is 0 Å². The molecule has 0 atom stereocenters. The zero-order valence-electron chi connectivity index (χ0n) is 11.5. The van der Waals surface area contributed by atoms with Crippen LogP contribution in [0, 0.1) is 0 Å². The molecule has 1 saturated carbocycles. The Labute approximate surface area is 117 Å². The minimum absolute atomic E-state index is 0.296. The Kier molecular flexibility index (Phi) is 3.92. The van der Waals surface area contributed by atoms with Crippen molar-refractivity contribution in [3.8, 4) is 5.75 Å². The average molecular weight is 274 g/mol. The molecule has 3 rings (SSSR count). The lowest BCUT2D eigenvalue weighted by atomic mass is 10.3. The number of nitrogens with zero attached hydrogens (tertiary/aromatic N) is 3. The summed E-state index contributed by atoms with van der Waals surface area (Å²) in [5.41, 5.74) is 1.03. The molecule has 6 nitrogen and oxygen atoms in total. The number of aryl methyl sites for hydroxylation is 1. The minimum atomic E-state index is 0.296. The first-order valence-corrected chi connectivity index (χ1v) is 6.96. The predicted octanol–water partition coefficient (Wildman–Crippen LogP) is 1.86. The molecule has 20 heavy (non-hydrogen) atoms. The quantitative estimate of drug-likeness (QED) is 0.830. The fourth-order valence-corrected chi connectivity index (χ4v) is 1.78. The fraction of sp³-hybridized carbons (Fsp3) is 0.500. The molecule has 1 N–H and O–H groups in total. The van der Waals surface area contributed by atoms with Crippen molar-refractivity contribution in [1.82, 2.24) is 20.4 Å². The summed E-state index contributed by atoms with van der Waals surface area (Å²) in [5, 5.41) is 7.26. The van der Waals surface area contributed by atoms with Crippen LogP contribution in [0.5, 0.6) is 5.75 Å². The second kappa shape index (κ2) is 6.00. The Bertz CT molecular complexity index is 549. The molecule has 0 unspecified atom stereocenters. The van der Waals surface area contributed by atoms with Gasteiger partial charge in [0.15, 0.2) is 6.61 Å². The van der Waals surface area contributed by atoms with E-state index < -0.39 is 0 Å². The van der Waals surface area contributed by atoms with E-state index in [2.05, 4.69) is 20.4 Å². The molecule has 2 heterocycles. The van der Waals surface area contributed by atoms with E-state index in [4.69, 9.17) is 9.26 Å². The molecule has 0 amide bonds. The average Bonchev–Trinajstić information content (AvgIpc) is 3.21. The number of hydrogen-bond donors (Lipinski definition) is 1. The van der Waals surface area contributed by atoms with Crippen molar-refractivity contribution in [3.63, 3.8) is 0 Å². The first-order valence-electron chi connectivity index (χ1n) is 6.96. The van der Waals surface area contributed by atoms with E-state index in [1.165, 1.54) is 12.8 Å². The van der Waals surface area contributed by atoms with E-state index in [9.17, 15) is 0 Å². The predicted molar refractivity (Wildman–Crippen MR) is 72.1 cm³/mol. The maximum atomic E-state index is 5.57. The first-order chi connectivity index (χ1) is 9.83. The van der Waals surface area contributed by atoms with Crippen LogP contribution in [0.4, 0.5) is 0 Å². The van der Waals surface area contributed by atoms with Gasteiger partial charge in [-0.25, -0.2) is 0 Å². The van der Waals surface area contributed by atoms with Crippen LogP contribution in [0.25, 0.3) is 0 Å². The molecular formula is C14H18N4O2. The molecule has 1 aliphatic carbocycles. The van der Waals surface area contributed by atoms with Crippen LogP contribution in [0.15, 0.2) is 22.9 Å². The maximum Gasteiger partial charge on any atom is 0.226 e. The molecule has 0 saturated heterocycles. The SMILES string of the molecule is CCc1nc(COc2ccc(CNC3CC3)nc2)no1. The highest BCUT2D eigenvalue weighted by atomic mass is 16.5. The Hall–Kier alpha value is -1.95. The van der Waals surface area contributed by atoms with Crippen LogP contribution >= 0.6 is 0 Å². The van der Waals surface area contributed by atoms with Gasteiger partial charge in [0.1, 0.15) is 5.75 Å². The Morgan fingerprint density at radius 1 is 1.40 bits per heavy atom. The van der Waals surface area contributed by atoms with Crippen molar-refractivity contribution in [2.24, 2.45) is 0 Å². The molecule has 106 valence electrons. The minimum Gasteiger partial charge on any atom is -0.484 e. The van der Waals surface area contributed by atoms with Gasteiger partial charge < -0.3 is 14.6 Å². The second-order valence-electron chi connectivity index (χ2n) is 4.89. The summed E-state index contributed by atoms with van der Waals surface area (Å²) < 4.78 is 10.6. The van der Waals surface area contributed by atoms with Gasteiger partial charge in [-0.3, -0.25) is 4.98 Å². The summed E-state index contributed by atoms with van der Waals surface area (Å²) in [5.74, 6) is 1.90. The molecule has 2 aromatic rings. The molecule has 0 aliphatic heterocycles. The largest absolute Gasteiger partial charge is 0.484 e. The maximum absolute atomic E-state index is 5.57. The van der Waals surface area contributed by atoms with Gasteiger partial charge in [-0.05, 0) is 25.0 Å². The van der Waals surface area contributed by atoms with Gasteiger partial charge in [0.25, 0.3) is 0 Å². The van der Waals surface area contributed by atoms with Crippen LogP contribution in [-0.4, -0.2) is 21.2 Å². The van der Waals surface area contributed by atoms with Crippen LogP contribution in [-0.2, 0) is 19.6 Å². The van der Waals surface area contributed by atoms with E-state index in [0.717, 1.165) is 18.7 Å². The van der Waals surface area contributed by atoms with Crippen molar-refractivity contribution in [3.05, 3.63) is 35.7 Å². The van der Waals surface area contributed by atoms with Gasteiger partial charge in [0.05, 0.1) is 11.9 Å². The third kappa shape index (κ3) is 3.54. The van der Waals surface area contributed by atoms with E-state index >= 15 is 0 Å². The lowest BCUT2D eigenvalue weighted by molar-refractivity contribution is 0.284. The molecule has 1 aliphatic rings. The molecule has 6 heteroatoms. The molecule has 0 radical (unpaired) electrons. The van der Waals surface area contributed by atoms with Crippen LogP contribution in [0.1, 0.15) is 37.2 Å². The monoisotopic (exact) mass is 274 g/mol. The third-order valence-corrected chi connectivity index (χ3v) is 3.13. The van der Waals surface area contributed by atoms with Crippen molar-refractivity contribution in [2.45, 2.75) is 45.4 Å². The number of nitrogens with one attached hydrogen (secondary N) is 1. The van der Waals surface area contributed by atoms with Crippen molar-refractivity contribution in [2.75, 3.05) is 0 Å². The summed E-state index contributed by atoms with van der Waals surface area (Å²) in [6, 6.07) is 4.58. The van der Waals surface area contributed by atoms with E-state index in [1.807, 2.05) is 19.1 Å². The normalized spacial score (nSPS) is 14.4. The van der Waals surface area contributed by atoms with E-state index in [0.29, 0.717) is 30.1 Å². The summed E-state index contributed by atoms with van der Waals surface area (Å²) in [7, 11) is 0. The summed E-state index contributed by atoms with van der Waals surface area (Å²) >= 11 is 0. The van der Waals surface area contributed by atoms with E-state index in [-0.39, 0.29) is 0 Å². The van der Waals surface area contributed by atoms with E-state index in [1.54, 1.807) is 6.20 Å². The van der Waals surface area contributed by atoms with Crippen molar-refractivity contribution >= 4 is 0 Å². The Morgan fingerprint density at radius 3 is 2.95 bits per heavy atom. The smallest absolute Gasteiger partial charge is 0.226 e. The Morgan fingerprint density at radius 2 is 2.30 bits per heavy atom. The summed E-state index contributed by atoms with van der Waals surface area (Å²) in [4.78, 5) is 8.54. The van der Waals surface area contributed by atoms with Gasteiger partial charge in [0.2, 0.25) is 11.7 Å². The first kappa shape index (κ1) is 13.1. The number of ether oxygens (including phenoxy) is 1. The number of pyridine rings is 1.